The van der Waals surface area contributed by atoms with Crippen LogP contribution in [0.3, 0.4) is 0 Å². The molecule has 3 heterocycles. The number of aryl methyl sites for hydroxylation is 1. The molecule has 0 spiro atoms. The number of ether oxygens (including phenoxy) is 1. The fourth-order valence-corrected chi connectivity index (χ4v) is 4.39. The van der Waals surface area contributed by atoms with Crippen molar-refractivity contribution in [3.8, 4) is 17.2 Å². The standard InChI is InChI=1S/C28H23ClF2N6O5/c1-15-10-25(39)37(22-11-16(29)2-4-20(22)30)35-26(15)27(40)33-17-3-5-23(21(31)12-17)42-19-6-8-32-24(13-19)34-28(41)36-9-7-18(38)14-36/h2-6,8,10-13,18,38H,7,9,14H2,1H3,(H,33,40)(H,32,34,41). The monoisotopic (exact) mass is 596 g/mol. The summed E-state index contributed by atoms with van der Waals surface area (Å²) in [5, 5.41) is 18.9. The van der Waals surface area contributed by atoms with Crippen LogP contribution in [0.1, 0.15) is 22.5 Å². The summed E-state index contributed by atoms with van der Waals surface area (Å²) < 4.78 is 35.6. The zero-order valence-corrected chi connectivity index (χ0v) is 22.7. The molecule has 1 atom stereocenters. The molecule has 5 rings (SSSR count). The molecule has 4 aromatic rings. The third-order valence-electron chi connectivity index (χ3n) is 6.31. The van der Waals surface area contributed by atoms with Crippen molar-refractivity contribution in [1.82, 2.24) is 19.7 Å². The Morgan fingerprint density at radius 2 is 1.88 bits per heavy atom. The zero-order chi connectivity index (χ0) is 30.0. The van der Waals surface area contributed by atoms with E-state index in [1.165, 1.54) is 54.4 Å². The smallest absolute Gasteiger partial charge is 0.323 e. The van der Waals surface area contributed by atoms with Crippen LogP contribution >= 0.6 is 11.6 Å². The summed E-state index contributed by atoms with van der Waals surface area (Å²) in [5.74, 6) is -2.15. The average Bonchev–Trinajstić information content (AvgIpc) is 3.38. The predicted octanol–water partition coefficient (Wildman–Crippen LogP) is 4.51. The van der Waals surface area contributed by atoms with Crippen LogP contribution in [0.2, 0.25) is 5.02 Å². The average molecular weight is 597 g/mol. The van der Waals surface area contributed by atoms with E-state index in [1.54, 1.807) is 0 Å². The minimum atomic E-state index is -0.808. The van der Waals surface area contributed by atoms with Crippen LogP contribution in [0.25, 0.3) is 5.69 Å². The first-order valence-corrected chi connectivity index (χ1v) is 13.0. The summed E-state index contributed by atoms with van der Waals surface area (Å²) in [7, 11) is 0. The molecule has 2 aromatic carbocycles. The van der Waals surface area contributed by atoms with Gasteiger partial charge in [-0.15, -0.1) is 0 Å². The maximum Gasteiger partial charge on any atom is 0.323 e. The second-order valence-electron chi connectivity index (χ2n) is 9.42. The van der Waals surface area contributed by atoms with Gasteiger partial charge >= 0.3 is 6.03 Å². The van der Waals surface area contributed by atoms with Gasteiger partial charge in [0.2, 0.25) is 0 Å². The number of β-amino-alcohol motifs (C(OH)–C–C–N with tert-alkyl or cyclic N) is 1. The highest BCUT2D eigenvalue weighted by Crippen LogP contribution is 2.28. The minimum Gasteiger partial charge on any atom is -0.454 e. The number of halogens is 3. The quantitative estimate of drug-likeness (QED) is 0.298. The van der Waals surface area contributed by atoms with Crippen molar-refractivity contribution in [2.75, 3.05) is 23.7 Å². The number of anilines is 2. The number of aromatic nitrogens is 3. The van der Waals surface area contributed by atoms with Crippen LogP contribution in [0.15, 0.2) is 65.6 Å². The van der Waals surface area contributed by atoms with Crippen LogP contribution < -0.4 is 20.9 Å². The second kappa shape index (κ2) is 11.9. The lowest BCUT2D eigenvalue weighted by molar-refractivity contribution is 0.101. The number of carbonyl (C=O) groups excluding carboxylic acids is 2. The molecule has 0 aliphatic carbocycles. The second-order valence-corrected chi connectivity index (χ2v) is 9.86. The number of nitrogens with one attached hydrogen (secondary N) is 2. The molecule has 3 amide bonds. The van der Waals surface area contributed by atoms with E-state index in [4.69, 9.17) is 16.3 Å². The number of pyridine rings is 1. The van der Waals surface area contributed by atoms with Crippen molar-refractivity contribution in [2.24, 2.45) is 0 Å². The normalized spacial score (nSPS) is 14.5. The first kappa shape index (κ1) is 28.6. The molecule has 2 aromatic heterocycles. The molecule has 11 nitrogen and oxygen atoms in total. The molecule has 216 valence electrons. The van der Waals surface area contributed by atoms with Crippen molar-refractivity contribution in [1.29, 1.82) is 0 Å². The number of aliphatic hydroxyl groups excluding tert-OH is 1. The first-order valence-electron chi connectivity index (χ1n) is 12.6. The van der Waals surface area contributed by atoms with Crippen LogP contribution in [0.5, 0.6) is 11.5 Å². The Kier molecular flexibility index (Phi) is 8.13. The summed E-state index contributed by atoms with van der Waals surface area (Å²) in [6.07, 6.45) is 1.30. The number of benzene rings is 2. The van der Waals surface area contributed by atoms with Crippen molar-refractivity contribution in [3.05, 3.63) is 99.1 Å². The molecule has 1 fully saturated rings. The number of urea groups is 1. The molecular weight excluding hydrogens is 574 g/mol. The van der Waals surface area contributed by atoms with Gasteiger partial charge in [-0.3, -0.25) is 14.9 Å². The van der Waals surface area contributed by atoms with Crippen molar-refractivity contribution in [2.45, 2.75) is 19.4 Å². The Bertz CT molecular complexity index is 1750. The highest BCUT2D eigenvalue weighted by molar-refractivity contribution is 6.30. The van der Waals surface area contributed by atoms with Gasteiger partial charge in [-0.2, -0.15) is 9.78 Å². The van der Waals surface area contributed by atoms with E-state index in [0.29, 0.717) is 13.0 Å². The summed E-state index contributed by atoms with van der Waals surface area (Å²) in [6.45, 7) is 2.12. The van der Waals surface area contributed by atoms with Gasteiger partial charge in [0.1, 0.15) is 23.1 Å². The van der Waals surface area contributed by atoms with Crippen LogP contribution in [0.4, 0.5) is 25.1 Å². The fourth-order valence-electron chi connectivity index (χ4n) is 4.22. The van der Waals surface area contributed by atoms with E-state index in [1.807, 2.05) is 0 Å². The van der Waals surface area contributed by atoms with E-state index in [9.17, 15) is 28.3 Å². The van der Waals surface area contributed by atoms with E-state index < -0.39 is 35.2 Å². The summed E-state index contributed by atoms with van der Waals surface area (Å²) in [5.41, 5.74) is -0.815. The topological polar surface area (TPSA) is 139 Å². The lowest BCUT2D eigenvalue weighted by Crippen LogP contribution is -2.33. The number of rotatable bonds is 6. The van der Waals surface area contributed by atoms with Crippen molar-refractivity contribution < 1.29 is 28.2 Å². The van der Waals surface area contributed by atoms with Gasteiger partial charge in [0.05, 0.1) is 6.10 Å². The Morgan fingerprint density at radius 3 is 2.62 bits per heavy atom. The van der Waals surface area contributed by atoms with Gasteiger partial charge in [-0.1, -0.05) is 11.6 Å². The molecule has 0 radical (unpaired) electrons. The van der Waals surface area contributed by atoms with Gasteiger partial charge in [-0.25, -0.2) is 18.6 Å². The molecule has 1 saturated heterocycles. The molecule has 14 heteroatoms. The lowest BCUT2D eigenvalue weighted by Gasteiger charge is -2.16. The number of carbonyl (C=O) groups is 2. The Hall–Kier alpha value is -4.88. The van der Waals surface area contributed by atoms with Gasteiger partial charge in [0, 0.05) is 48.2 Å². The van der Waals surface area contributed by atoms with Gasteiger partial charge in [0.15, 0.2) is 17.3 Å². The number of amides is 3. The van der Waals surface area contributed by atoms with Gasteiger partial charge in [-0.05, 0) is 55.3 Å². The van der Waals surface area contributed by atoms with Crippen LogP contribution in [-0.4, -0.2) is 55.9 Å². The van der Waals surface area contributed by atoms with Crippen molar-refractivity contribution >= 4 is 35.0 Å². The maximum atomic E-state index is 14.9. The molecule has 1 aliphatic rings. The van der Waals surface area contributed by atoms with E-state index in [0.717, 1.165) is 22.9 Å². The zero-order valence-electron chi connectivity index (χ0n) is 22.0. The molecule has 42 heavy (non-hydrogen) atoms. The summed E-state index contributed by atoms with van der Waals surface area (Å²) in [6, 6.07) is 10.9. The van der Waals surface area contributed by atoms with E-state index in [-0.39, 0.29) is 51.5 Å². The SMILES string of the molecule is Cc1cc(=O)n(-c2cc(Cl)ccc2F)nc1C(=O)Nc1ccc(Oc2ccnc(NC(=O)N3CCC(O)C3)c2)c(F)c1. The highest BCUT2D eigenvalue weighted by Gasteiger charge is 2.25. The largest absolute Gasteiger partial charge is 0.454 e. The summed E-state index contributed by atoms with van der Waals surface area (Å²) in [4.78, 5) is 43.3. The van der Waals surface area contributed by atoms with E-state index in [2.05, 4.69) is 20.7 Å². The van der Waals surface area contributed by atoms with Crippen LogP contribution in [0, 0.1) is 18.6 Å². The number of hydrogen-bond donors (Lipinski definition) is 3. The summed E-state index contributed by atoms with van der Waals surface area (Å²) >= 11 is 5.93. The lowest BCUT2D eigenvalue weighted by atomic mass is 10.2. The molecule has 1 unspecified atom stereocenters. The maximum absolute atomic E-state index is 14.9. The van der Waals surface area contributed by atoms with Crippen LogP contribution in [-0.2, 0) is 0 Å². The molecule has 3 N–H and O–H groups in total. The fraction of sp³-hybridized carbons (Fsp3) is 0.179. The number of nitrogens with zero attached hydrogens (tertiary/aromatic N) is 4. The Morgan fingerprint density at radius 1 is 1.07 bits per heavy atom. The number of likely N-dealkylation sites (tertiary alicyclic amines) is 1. The Balaban J connectivity index is 1.29. The van der Waals surface area contributed by atoms with Gasteiger partial charge < -0.3 is 20.1 Å². The van der Waals surface area contributed by atoms with E-state index >= 15 is 0 Å². The molecule has 0 saturated carbocycles. The predicted molar refractivity (Wildman–Crippen MR) is 149 cm³/mol. The van der Waals surface area contributed by atoms with Crippen molar-refractivity contribution in [3.63, 3.8) is 0 Å². The first-order chi connectivity index (χ1) is 20.1. The third kappa shape index (κ3) is 6.37. The molecule has 1 aliphatic heterocycles. The molecule has 0 bridgehead atoms. The third-order valence-corrected chi connectivity index (χ3v) is 6.54. The highest BCUT2D eigenvalue weighted by atomic mass is 35.5. The Labute approximate surface area is 242 Å². The number of hydrogen-bond acceptors (Lipinski definition) is 7. The number of aliphatic hydroxyl groups is 1. The van der Waals surface area contributed by atoms with Gasteiger partial charge in [0.25, 0.3) is 11.5 Å². The minimum absolute atomic E-state index is 0.0632. The molecular formula is C28H23ClF2N6O5.